The molecule has 3 rings (SSSR count). The smallest absolute Gasteiger partial charge is 0.296 e. The van der Waals surface area contributed by atoms with E-state index in [4.69, 9.17) is 5.26 Å². The van der Waals surface area contributed by atoms with Crippen molar-refractivity contribution >= 4 is 65.8 Å². The van der Waals surface area contributed by atoms with Crippen LogP contribution in [0.3, 0.4) is 0 Å². The van der Waals surface area contributed by atoms with Crippen LogP contribution in [0.25, 0.3) is 10.8 Å². The molecule has 0 amide bonds. The number of sulfone groups is 1. The average Bonchev–Trinajstić information content (AvgIpc) is 2.95. The largest absolute Gasteiger partial charge is 0.369 e. The highest BCUT2D eigenvalue weighted by atomic mass is 32.2. The van der Waals surface area contributed by atoms with Crippen LogP contribution in [0.5, 0.6) is 0 Å². The first-order chi connectivity index (χ1) is 20.0. The van der Waals surface area contributed by atoms with Gasteiger partial charge in [0.05, 0.1) is 23.4 Å². The maximum absolute atomic E-state index is 12.4. The van der Waals surface area contributed by atoms with Gasteiger partial charge in [0.1, 0.15) is 28.2 Å². The van der Waals surface area contributed by atoms with Gasteiger partial charge < -0.3 is 10.6 Å². The van der Waals surface area contributed by atoms with Gasteiger partial charge in [-0.15, -0.1) is 14.6 Å². The predicted octanol–water partition coefficient (Wildman–Crippen LogP) is 5.69. The normalized spacial score (nSPS) is 12.0. The summed E-state index contributed by atoms with van der Waals surface area (Å²) in [6.07, 6.45) is 1.70. The third kappa shape index (κ3) is 8.01. The number of aromatic nitrogens is 1. The van der Waals surface area contributed by atoms with Crippen LogP contribution in [-0.4, -0.2) is 50.5 Å². The molecule has 0 bridgehead atoms. The fourth-order valence-corrected chi connectivity index (χ4v) is 5.63. The highest BCUT2D eigenvalue weighted by molar-refractivity contribution is 7.95. The molecule has 14 nitrogen and oxygen atoms in total. The Hall–Kier alpha value is -3.63. The molecule has 0 aliphatic rings. The van der Waals surface area contributed by atoms with Crippen LogP contribution in [0.15, 0.2) is 62.3 Å². The van der Waals surface area contributed by atoms with Crippen molar-refractivity contribution in [3.8, 4) is 6.07 Å². The minimum atomic E-state index is -4.86. The molecule has 0 atom stereocenters. The minimum Gasteiger partial charge on any atom is -0.369 e. The molecule has 0 aliphatic heterocycles. The maximum Gasteiger partial charge on any atom is 0.296 e. The third-order valence-corrected chi connectivity index (χ3v) is 8.70. The number of pyridine rings is 1. The monoisotopic (exact) mass is 636 g/mol. The predicted molar refractivity (Wildman–Crippen MR) is 158 cm³/mol. The van der Waals surface area contributed by atoms with Crippen molar-refractivity contribution in [2.45, 2.75) is 36.5 Å². The second kappa shape index (κ2) is 14.5. The first-order valence-corrected chi connectivity index (χ1v) is 16.2. The molecule has 4 N–H and O–H groups in total. The quantitative estimate of drug-likeness (QED) is 0.0395. The lowest BCUT2D eigenvalue weighted by Crippen LogP contribution is -2.15. The molecule has 0 spiro atoms. The number of nitriles is 1. The van der Waals surface area contributed by atoms with Crippen molar-refractivity contribution in [3.63, 3.8) is 0 Å². The summed E-state index contributed by atoms with van der Waals surface area (Å²) in [6.45, 7) is 7.35. The van der Waals surface area contributed by atoms with E-state index in [2.05, 4.69) is 47.9 Å². The second-order valence-corrected chi connectivity index (χ2v) is 12.9. The molecule has 0 saturated heterocycles. The Morgan fingerprint density at radius 1 is 1.12 bits per heavy atom. The molecule has 0 saturated carbocycles. The Labute approximate surface area is 247 Å². The molecule has 1 heterocycles. The van der Waals surface area contributed by atoms with Crippen molar-refractivity contribution < 1.29 is 36.0 Å². The van der Waals surface area contributed by atoms with E-state index in [-0.39, 0.29) is 51.2 Å². The topological polar surface area (TPSA) is 213 Å². The Bertz CT molecular complexity index is 1760. The zero-order chi connectivity index (χ0) is 30.9. The van der Waals surface area contributed by atoms with Crippen molar-refractivity contribution in [1.29, 1.82) is 5.26 Å². The lowest BCUT2D eigenvalue weighted by atomic mass is 10.1. The number of fused-ring (bicyclic) bond motifs is 1. The summed E-state index contributed by atoms with van der Waals surface area (Å²) in [5, 5.41) is 38.0. The van der Waals surface area contributed by atoms with E-state index in [1.807, 2.05) is 6.92 Å². The number of anilines is 2. The number of benzene rings is 2. The molecule has 42 heavy (non-hydrogen) atoms. The Balaban J connectivity index is 2.23. The fourth-order valence-electron chi connectivity index (χ4n) is 3.81. The standard InChI is InChI=1S/C25H28N6O8S3/c1-4-6-11-27-24-19(15-26)16(3)22(25(29-24)28-12-13-41(33,34)5-2)30-31-23-18-10-8-7-9-17(18)20(40-39-38-32)14-21(23)42(35,36)37/h5,7-10,14,32H,2,4,6,11-13H2,1,3H3,(H2,27,28,29)(H,35,36,37). The van der Waals surface area contributed by atoms with Gasteiger partial charge in [0.2, 0.25) is 0 Å². The summed E-state index contributed by atoms with van der Waals surface area (Å²) in [4.78, 5) is 4.02. The number of nitrogens with zero attached hydrogens (tertiary/aromatic N) is 4. The average molecular weight is 637 g/mol. The molecular formula is C25H28N6O8S3. The summed E-state index contributed by atoms with van der Waals surface area (Å²) in [7, 11) is -8.40. The minimum absolute atomic E-state index is 0.0458. The highest BCUT2D eigenvalue weighted by Gasteiger charge is 2.23. The van der Waals surface area contributed by atoms with Crippen LogP contribution in [0.1, 0.15) is 30.9 Å². The van der Waals surface area contributed by atoms with Crippen LogP contribution < -0.4 is 10.6 Å². The third-order valence-electron chi connectivity index (χ3n) is 5.91. The zero-order valence-corrected chi connectivity index (χ0v) is 25.0. The number of hydrogen-bond donors (Lipinski definition) is 4. The van der Waals surface area contributed by atoms with Gasteiger partial charge in [0, 0.05) is 34.3 Å². The molecule has 2 aromatic carbocycles. The summed E-state index contributed by atoms with van der Waals surface area (Å²) in [5.41, 5.74) is 0.315. The Morgan fingerprint density at radius 2 is 1.79 bits per heavy atom. The lowest BCUT2D eigenvalue weighted by Gasteiger charge is -2.16. The maximum atomic E-state index is 12.4. The Morgan fingerprint density at radius 3 is 2.40 bits per heavy atom. The summed E-state index contributed by atoms with van der Waals surface area (Å²) >= 11 is 0.496. The molecule has 224 valence electrons. The number of azo groups is 1. The highest BCUT2D eigenvalue weighted by Crippen LogP contribution is 2.42. The van der Waals surface area contributed by atoms with Gasteiger partial charge in [-0.2, -0.15) is 13.7 Å². The molecular weight excluding hydrogens is 609 g/mol. The van der Waals surface area contributed by atoms with E-state index >= 15 is 0 Å². The lowest BCUT2D eigenvalue weighted by molar-refractivity contribution is -0.432. The van der Waals surface area contributed by atoms with Gasteiger partial charge in [0.25, 0.3) is 10.1 Å². The molecule has 0 radical (unpaired) electrons. The molecule has 3 aromatic rings. The Kier molecular flexibility index (Phi) is 11.4. The molecule has 0 fully saturated rings. The van der Waals surface area contributed by atoms with E-state index in [1.54, 1.807) is 25.1 Å². The van der Waals surface area contributed by atoms with Crippen LogP contribution >= 0.6 is 12.0 Å². The molecule has 17 heteroatoms. The van der Waals surface area contributed by atoms with Crippen LogP contribution in [-0.2, 0) is 29.3 Å². The number of unbranched alkanes of at least 4 members (excludes halogenated alkanes) is 1. The number of rotatable bonds is 15. The summed E-state index contributed by atoms with van der Waals surface area (Å²) in [5.74, 6) is 0.0443. The van der Waals surface area contributed by atoms with E-state index in [1.165, 1.54) is 6.07 Å². The van der Waals surface area contributed by atoms with Gasteiger partial charge >= 0.3 is 0 Å². The van der Waals surface area contributed by atoms with Gasteiger partial charge in [-0.3, -0.25) is 4.55 Å². The number of nitrogens with one attached hydrogen (secondary N) is 2. The van der Waals surface area contributed by atoms with E-state index in [0.717, 1.165) is 24.3 Å². The molecule has 1 aromatic heterocycles. The number of hydrogen-bond acceptors (Lipinski definition) is 14. The summed E-state index contributed by atoms with van der Waals surface area (Å²) < 4.78 is 63.2. The van der Waals surface area contributed by atoms with Gasteiger partial charge in [-0.05, 0) is 24.8 Å². The molecule has 0 unspecified atom stereocenters. The van der Waals surface area contributed by atoms with Crippen LogP contribution in [0.2, 0.25) is 0 Å². The first kappa shape index (κ1) is 32.9. The van der Waals surface area contributed by atoms with Crippen LogP contribution in [0.4, 0.5) is 23.0 Å². The first-order valence-electron chi connectivity index (χ1n) is 12.3. The van der Waals surface area contributed by atoms with Gasteiger partial charge in [-0.1, -0.05) is 49.2 Å². The van der Waals surface area contributed by atoms with Crippen molar-refractivity contribution in [2.24, 2.45) is 10.2 Å². The van der Waals surface area contributed by atoms with Gasteiger partial charge in [-0.25, -0.2) is 18.7 Å². The van der Waals surface area contributed by atoms with Gasteiger partial charge in [0.15, 0.2) is 15.7 Å². The van der Waals surface area contributed by atoms with E-state index in [9.17, 15) is 26.7 Å². The molecule has 0 aliphatic carbocycles. The summed E-state index contributed by atoms with van der Waals surface area (Å²) in [6, 6.07) is 9.59. The fraction of sp³-hybridized carbons (Fsp3) is 0.280. The zero-order valence-electron chi connectivity index (χ0n) is 22.6. The van der Waals surface area contributed by atoms with Crippen LogP contribution in [0, 0.1) is 18.3 Å². The van der Waals surface area contributed by atoms with E-state index in [0.29, 0.717) is 29.5 Å². The van der Waals surface area contributed by atoms with Crippen molar-refractivity contribution in [1.82, 2.24) is 4.98 Å². The SMILES string of the molecule is C=CS(=O)(=O)CCNc1nc(NCCCC)c(C#N)c(C)c1N=Nc1c(S(=O)(=O)O)cc(SOOO)c2ccccc12. The van der Waals surface area contributed by atoms with Crippen molar-refractivity contribution in [3.05, 3.63) is 53.4 Å². The van der Waals surface area contributed by atoms with Crippen molar-refractivity contribution in [2.75, 3.05) is 29.5 Å². The second-order valence-electron chi connectivity index (χ2n) is 8.68. The van der Waals surface area contributed by atoms with E-state index < -0.39 is 24.9 Å².